The summed E-state index contributed by atoms with van der Waals surface area (Å²) in [7, 11) is 3.83. The highest BCUT2D eigenvalue weighted by Gasteiger charge is 2.23. The average Bonchev–Trinajstić information content (AvgIpc) is 3.15. The van der Waals surface area contributed by atoms with Crippen molar-refractivity contribution in [2.45, 2.75) is 95.7 Å². The van der Waals surface area contributed by atoms with E-state index >= 15 is 0 Å². The van der Waals surface area contributed by atoms with Gasteiger partial charge in [-0.1, -0.05) is 62.6 Å². The first kappa shape index (κ1) is 45.1. The molecule has 1 fully saturated rings. The number of imide groups is 1. The molecule has 0 spiro atoms. The minimum Gasteiger partial charge on any atom is -0.399 e. The molecule has 0 aliphatic heterocycles. The van der Waals surface area contributed by atoms with Gasteiger partial charge in [0, 0.05) is 42.4 Å². The normalized spacial score (nSPS) is 13.7. The van der Waals surface area contributed by atoms with Crippen LogP contribution in [0.4, 0.5) is 5.69 Å². The van der Waals surface area contributed by atoms with E-state index in [1.165, 1.54) is 50.5 Å². The van der Waals surface area contributed by atoms with Crippen molar-refractivity contribution in [3.05, 3.63) is 64.7 Å². The van der Waals surface area contributed by atoms with E-state index in [1.807, 2.05) is 43.9 Å². The molecule has 3 rings (SSSR count). The number of nitrogens with one attached hydrogen (secondary N) is 3. The molecule has 2 unspecified atom stereocenters. The van der Waals surface area contributed by atoms with Gasteiger partial charge < -0.3 is 31.6 Å². The first-order valence-electron chi connectivity index (χ1n) is 18.2. The van der Waals surface area contributed by atoms with E-state index < -0.39 is 6.04 Å². The van der Waals surface area contributed by atoms with Gasteiger partial charge in [0.2, 0.25) is 12.3 Å². The summed E-state index contributed by atoms with van der Waals surface area (Å²) < 4.78 is 5.28. The number of ether oxygens (including phenoxy) is 1. The summed E-state index contributed by atoms with van der Waals surface area (Å²) in [6.07, 6.45) is 12.5. The fourth-order valence-corrected chi connectivity index (χ4v) is 6.10. The molecule has 2 amide bonds. The molecular formula is C40H62N6O5. The zero-order valence-corrected chi connectivity index (χ0v) is 31.1. The van der Waals surface area contributed by atoms with Crippen LogP contribution in [0, 0.1) is 11.8 Å². The van der Waals surface area contributed by atoms with Gasteiger partial charge in [-0.2, -0.15) is 0 Å². The van der Waals surface area contributed by atoms with Crippen molar-refractivity contribution in [1.29, 1.82) is 0 Å². The molecule has 2 aromatic rings. The standard InChI is InChI=1S/C21H29N3O4.C18H31N3.CH2O/c1-3-6-20(21(27)23-16-26)24(2)14-19-13-17(8-9-18(19)15-25)7-4-5-11-28-12-10-22;1-20-13-11-16(15-7-9-17(19)10-8-15)12-14-21-18-5-3-2-4-6-18;1-2/h8-9,13,15-16,20H,3,5-6,10-12,14,22H2,1-2H3,(H,23,26,27);7-10,16,18,20-21H,2-6,11-14,19H2,1H3;1H2. The Labute approximate surface area is 306 Å². The van der Waals surface area contributed by atoms with Crippen LogP contribution in [0.15, 0.2) is 42.5 Å². The lowest BCUT2D eigenvalue weighted by molar-refractivity contribution is -0.129. The second-order valence-electron chi connectivity index (χ2n) is 12.7. The molecule has 282 valence electrons. The van der Waals surface area contributed by atoms with Crippen LogP contribution in [0.5, 0.6) is 0 Å². The Morgan fingerprint density at radius 1 is 1.04 bits per heavy atom. The van der Waals surface area contributed by atoms with E-state index in [1.54, 1.807) is 19.2 Å². The van der Waals surface area contributed by atoms with E-state index in [0.29, 0.717) is 57.0 Å². The van der Waals surface area contributed by atoms with Crippen molar-refractivity contribution >= 4 is 31.1 Å². The van der Waals surface area contributed by atoms with Crippen LogP contribution in [0.1, 0.15) is 104 Å². The van der Waals surface area contributed by atoms with Crippen LogP contribution in [-0.4, -0.2) is 89.3 Å². The number of benzene rings is 2. The van der Waals surface area contributed by atoms with Crippen molar-refractivity contribution in [2.75, 3.05) is 52.7 Å². The number of hydrogen-bond donors (Lipinski definition) is 5. The molecule has 0 aromatic heterocycles. The first-order chi connectivity index (χ1) is 24.9. The van der Waals surface area contributed by atoms with Gasteiger partial charge in [0.15, 0.2) is 0 Å². The summed E-state index contributed by atoms with van der Waals surface area (Å²) in [4.78, 5) is 44.0. The molecule has 0 radical (unpaired) electrons. The predicted molar refractivity (Wildman–Crippen MR) is 206 cm³/mol. The monoisotopic (exact) mass is 706 g/mol. The van der Waals surface area contributed by atoms with Gasteiger partial charge in [-0.15, -0.1) is 0 Å². The van der Waals surface area contributed by atoms with Crippen molar-refractivity contribution in [2.24, 2.45) is 5.73 Å². The SMILES string of the molecule is C=O.CCCC(C(=O)NC=O)N(C)Cc1cc(C#CCCOCCN)ccc1C=O.CNCCC(CCNC1CCCCC1)c1ccc(N)cc1. The Morgan fingerprint density at radius 3 is 2.37 bits per heavy atom. The minimum absolute atomic E-state index is 0.347. The van der Waals surface area contributed by atoms with Crippen molar-refractivity contribution in [3.63, 3.8) is 0 Å². The zero-order valence-electron chi connectivity index (χ0n) is 31.1. The van der Waals surface area contributed by atoms with Gasteiger partial charge >= 0.3 is 0 Å². The lowest BCUT2D eigenvalue weighted by Crippen LogP contribution is -2.44. The molecule has 7 N–H and O–H groups in total. The number of nitrogens with two attached hydrogens (primary N) is 2. The number of carbonyl (C=O) groups excluding carboxylic acids is 4. The average molecular weight is 707 g/mol. The molecule has 51 heavy (non-hydrogen) atoms. The maximum atomic E-state index is 12.1. The van der Waals surface area contributed by atoms with Crippen LogP contribution in [-0.2, 0) is 25.7 Å². The summed E-state index contributed by atoms with van der Waals surface area (Å²) in [5, 5.41) is 9.25. The number of likely N-dealkylation sites (N-methyl/N-ethyl adjacent to an activating group) is 1. The Morgan fingerprint density at radius 2 is 1.75 bits per heavy atom. The van der Waals surface area contributed by atoms with E-state index in [9.17, 15) is 14.4 Å². The maximum Gasteiger partial charge on any atom is 0.243 e. The largest absolute Gasteiger partial charge is 0.399 e. The third-order valence-electron chi connectivity index (χ3n) is 8.84. The molecular weight excluding hydrogens is 644 g/mol. The van der Waals surface area contributed by atoms with Gasteiger partial charge in [-0.05, 0) is 101 Å². The summed E-state index contributed by atoms with van der Waals surface area (Å²) in [6, 6.07) is 14.1. The van der Waals surface area contributed by atoms with Gasteiger partial charge in [0.25, 0.3) is 0 Å². The number of nitrogen functional groups attached to an aromatic ring is 1. The van der Waals surface area contributed by atoms with Crippen molar-refractivity contribution < 1.29 is 23.9 Å². The lowest BCUT2D eigenvalue weighted by Gasteiger charge is -2.26. The van der Waals surface area contributed by atoms with Gasteiger partial charge in [-0.3, -0.25) is 24.6 Å². The van der Waals surface area contributed by atoms with Crippen LogP contribution in [0.2, 0.25) is 0 Å². The molecule has 2 atom stereocenters. The molecule has 0 heterocycles. The van der Waals surface area contributed by atoms with Gasteiger partial charge in [0.05, 0.1) is 19.3 Å². The Hall–Kier alpha value is -3.92. The summed E-state index contributed by atoms with van der Waals surface area (Å²) >= 11 is 0. The van der Waals surface area contributed by atoms with Gasteiger partial charge in [0.1, 0.15) is 13.1 Å². The minimum atomic E-state index is -0.455. The molecule has 0 saturated heterocycles. The number of aldehydes is 1. The highest BCUT2D eigenvalue weighted by atomic mass is 16.5. The second-order valence-corrected chi connectivity index (χ2v) is 12.7. The van der Waals surface area contributed by atoms with E-state index in [0.717, 1.165) is 48.7 Å². The summed E-state index contributed by atoms with van der Waals surface area (Å²) in [5.74, 6) is 6.37. The maximum absolute atomic E-state index is 12.1. The van der Waals surface area contributed by atoms with Crippen molar-refractivity contribution in [1.82, 2.24) is 20.9 Å². The molecule has 11 heteroatoms. The second kappa shape index (κ2) is 28.7. The Kier molecular flexibility index (Phi) is 25.4. The predicted octanol–water partition coefficient (Wildman–Crippen LogP) is 4.18. The van der Waals surface area contributed by atoms with E-state index in [2.05, 4.69) is 39.9 Å². The first-order valence-corrected chi connectivity index (χ1v) is 18.2. The zero-order chi connectivity index (χ0) is 37.7. The number of amides is 2. The highest BCUT2D eigenvalue weighted by molar-refractivity contribution is 5.90. The quantitative estimate of drug-likeness (QED) is 0.0583. The molecule has 2 aromatic carbocycles. The number of carbonyl (C=O) groups is 4. The smallest absolute Gasteiger partial charge is 0.243 e. The fraction of sp³-hybridized carbons (Fsp3) is 0.550. The fourth-order valence-electron chi connectivity index (χ4n) is 6.10. The molecule has 11 nitrogen and oxygen atoms in total. The summed E-state index contributed by atoms with van der Waals surface area (Å²) in [6.45, 7) is 8.09. The Bertz CT molecular complexity index is 1310. The molecule has 1 aliphatic rings. The number of anilines is 1. The molecule has 0 bridgehead atoms. The van der Waals surface area contributed by atoms with Crippen LogP contribution < -0.4 is 27.4 Å². The number of rotatable bonds is 20. The Balaban J connectivity index is 0.000000503. The van der Waals surface area contributed by atoms with Gasteiger partial charge in [-0.25, -0.2) is 0 Å². The van der Waals surface area contributed by atoms with E-state index in [-0.39, 0.29) is 5.91 Å². The third kappa shape index (κ3) is 18.8. The number of hydrogen-bond acceptors (Lipinski definition) is 10. The number of nitrogens with zero attached hydrogens (tertiary/aromatic N) is 1. The topological polar surface area (TPSA) is 169 Å². The van der Waals surface area contributed by atoms with Crippen molar-refractivity contribution in [3.8, 4) is 11.8 Å². The lowest BCUT2D eigenvalue weighted by atomic mass is 9.91. The molecule has 1 saturated carbocycles. The highest BCUT2D eigenvalue weighted by Crippen LogP contribution is 2.24. The van der Waals surface area contributed by atoms with Crippen LogP contribution >= 0.6 is 0 Å². The van der Waals surface area contributed by atoms with Crippen LogP contribution in [0.25, 0.3) is 0 Å². The third-order valence-corrected chi connectivity index (χ3v) is 8.84. The summed E-state index contributed by atoms with van der Waals surface area (Å²) in [5.41, 5.74) is 15.6. The van der Waals surface area contributed by atoms with Crippen LogP contribution in [0.3, 0.4) is 0 Å². The molecule has 1 aliphatic carbocycles. The van der Waals surface area contributed by atoms with E-state index in [4.69, 9.17) is 21.0 Å².